The predicted octanol–water partition coefficient (Wildman–Crippen LogP) is 4.02. The molecule has 0 unspecified atom stereocenters. The molecule has 1 heterocycles. The molecule has 0 fully saturated rings. The maximum Gasteiger partial charge on any atom is 0.248 e. The average molecular weight is 408 g/mol. The smallest absolute Gasteiger partial charge is 0.248 e. The SMILES string of the molecule is COc1cc(/C=C/C(=O)Nc2ccc(Br)cc2F)cc2c1OCCO2. The minimum atomic E-state index is -0.517. The van der Waals surface area contributed by atoms with Crippen LogP contribution in [-0.2, 0) is 4.79 Å². The topological polar surface area (TPSA) is 56.8 Å². The van der Waals surface area contributed by atoms with Gasteiger partial charge in [-0.15, -0.1) is 0 Å². The Morgan fingerprint density at radius 2 is 2.08 bits per heavy atom. The molecule has 0 aliphatic carbocycles. The van der Waals surface area contributed by atoms with Gasteiger partial charge in [0, 0.05) is 10.5 Å². The van der Waals surface area contributed by atoms with Gasteiger partial charge >= 0.3 is 0 Å². The van der Waals surface area contributed by atoms with E-state index in [4.69, 9.17) is 14.2 Å². The number of halogens is 2. The molecule has 25 heavy (non-hydrogen) atoms. The normalized spacial score (nSPS) is 12.9. The van der Waals surface area contributed by atoms with Crippen molar-refractivity contribution >= 4 is 33.6 Å². The monoisotopic (exact) mass is 407 g/mol. The van der Waals surface area contributed by atoms with Gasteiger partial charge in [-0.05, 0) is 42.0 Å². The van der Waals surface area contributed by atoms with Crippen molar-refractivity contribution in [1.82, 2.24) is 0 Å². The fourth-order valence-electron chi connectivity index (χ4n) is 2.33. The molecule has 0 atom stereocenters. The summed E-state index contributed by atoms with van der Waals surface area (Å²) in [6.07, 6.45) is 2.90. The first-order valence-corrected chi connectivity index (χ1v) is 8.28. The van der Waals surface area contributed by atoms with Gasteiger partial charge in [0.2, 0.25) is 11.7 Å². The molecule has 1 amide bonds. The van der Waals surface area contributed by atoms with Gasteiger partial charge in [-0.1, -0.05) is 15.9 Å². The molecule has 2 aromatic rings. The minimum Gasteiger partial charge on any atom is -0.493 e. The highest BCUT2D eigenvalue weighted by atomic mass is 79.9. The Morgan fingerprint density at radius 3 is 2.84 bits per heavy atom. The summed E-state index contributed by atoms with van der Waals surface area (Å²) in [5, 5.41) is 2.49. The first-order valence-electron chi connectivity index (χ1n) is 7.48. The van der Waals surface area contributed by atoms with Crippen LogP contribution in [0.4, 0.5) is 10.1 Å². The van der Waals surface area contributed by atoms with E-state index in [9.17, 15) is 9.18 Å². The first-order chi connectivity index (χ1) is 12.1. The van der Waals surface area contributed by atoms with Crippen LogP contribution in [0.1, 0.15) is 5.56 Å². The van der Waals surface area contributed by atoms with E-state index in [2.05, 4.69) is 21.2 Å². The minimum absolute atomic E-state index is 0.109. The highest BCUT2D eigenvalue weighted by molar-refractivity contribution is 9.10. The Balaban J connectivity index is 1.76. The Morgan fingerprint density at radius 1 is 1.28 bits per heavy atom. The van der Waals surface area contributed by atoms with Gasteiger partial charge in [-0.2, -0.15) is 0 Å². The van der Waals surface area contributed by atoms with E-state index in [1.54, 1.807) is 24.3 Å². The molecule has 0 saturated carbocycles. The Bertz CT molecular complexity index is 821. The largest absolute Gasteiger partial charge is 0.493 e. The van der Waals surface area contributed by atoms with Gasteiger partial charge < -0.3 is 19.5 Å². The van der Waals surface area contributed by atoms with Crippen molar-refractivity contribution in [3.8, 4) is 17.2 Å². The van der Waals surface area contributed by atoms with Crippen molar-refractivity contribution < 1.29 is 23.4 Å². The van der Waals surface area contributed by atoms with Gasteiger partial charge in [0.05, 0.1) is 12.8 Å². The van der Waals surface area contributed by atoms with E-state index in [-0.39, 0.29) is 5.69 Å². The standard InChI is InChI=1S/C18H15BrFNO4/c1-23-15-8-11(9-16-18(15)25-7-6-24-16)2-5-17(22)21-14-4-3-12(19)10-13(14)20/h2-5,8-10H,6-7H2,1H3,(H,21,22)/b5-2+. The third kappa shape index (κ3) is 4.11. The number of rotatable bonds is 4. The number of hydrogen-bond acceptors (Lipinski definition) is 4. The van der Waals surface area contributed by atoms with Crippen LogP contribution < -0.4 is 19.5 Å². The summed E-state index contributed by atoms with van der Waals surface area (Å²) < 4.78 is 30.7. The third-order valence-electron chi connectivity index (χ3n) is 3.47. The van der Waals surface area contributed by atoms with Crippen LogP contribution in [-0.4, -0.2) is 26.2 Å². The summed E-state index contributed by atoms with van der Waals surface area (Å²) in [7, 11) is 1.53. The van der Waals surface area contributed by atoms with Crippen molar-refractivity contribution in [2.24, 2.45) is 0 Å². The molecule has 130 valence electrons. The zero-order valence-electron chi connectivity index (χ0n) is 13.3. The lowest BCUT2D eigenvalue weighted by molar-refractivity contribution is -0.111. The van der Waals surface area contributed by atoms with Gasteiger partial charge in [0.15, 0.2) is 11.5 Å². The average Bonchev–Trinajstić information content (AvgIpc) is 2.61. The molecule has 2 aromatic carbocycles. The second-order valence-corrected chi connectivity index (χ2v) is 6.11. The quantitative estimate of drug-likeness (QED) is 0.777. The number of amides is 1. The van der Waals surface area contributed by atoms with Crippen LogP contribution in [0.15, 0.2) is 40.9 Å². The number of nitrogens with one attached hydrogen (secondary N) is 1. The van der Waals surface area contributed by atoms with E-state index in [1.807, 2.05) is 0 Å². The zero-order chi connectivity index (χ0) is 17.8. The fraction of sp³-hybridized carbons (Fsp3) is 0.167. The number of methoxy groups -OCH3 is 1. The van der Waals surface area contributed by atoms with Crippen LogP contribution in [0.2, 0.25) is 0 Å². The van der Waals surface area contributed by atoms with Crippen LogP contribution in [0.25, 0.3) is 6.08 Å². The molecular formula is C18H15BrFNO4. The Kier molecular flexibility index (Phi) is 5.23. The van der Waals surface area contributed by atoms with Crippen LogP contribution >= 0.6 is 15.9 Å². The Hall–Kier alpha value is -2.54. The van der Waals surface area contributed by atoms with Crippen molar-refractivity contribution in [3.05, 3.63) is 52.3 Å². The highest BCUT2D eigenvalue weighted by Gasteiger charge is 2.17. The summed E-state index contributed by atoms with van der Waals surface area (Å²) in [4.78, 5) is 12.0. The van der Waals surface area contributed by atoms with E-state index in [0.29, 0.717) is 40.5 Å². The number of anilines is 1. The van der Waals surface area contributed by atoms with Gasteiger partial charge in [-0.25, -0.2) is 4.39 Å². The molecule has 7 heteroatoms. The van der Waals surface area contributed by atoms with E-state index < -0.39 is 11.7 Å². The summed E-state index contributed by atoms with van der Waals surface area (Å²) in [5.41, 5.74) is 0.810. The number of carbonyl (C=O) groups excluding carboxylic acids is 1. The van der Waals surface area contributed by atoms with E-state index in [0.717, 1.165) is 0 Å². The maximum absolute atomic E-state index is 13.7. The van der Waals surface area contributed by atoms with Gasteiger partial charge in [0.25, 0.3) is 0 Å². The third-order valence-corrected chi connectivity index (χ3v) is 3.96. The van der Waals surface area contributed by atoms with Gasteiger partial charge in [0.1, 0.15) is 19.0 Å². The zero-order valence-corrected chi connectivity index (χ0v) is 14.9. The molecule has 3 rings (SSSR count). The van der Waals surface area contributed by atoms with Crippen LogP contribution in [0.5, 0.6) is 17.2 Å². The molecule has 0 radical (unpaired) electrons. The number of hydrogen-bond donors (Lipinski definition) is 1. The van der Waals surface area contributed by atoms with E-state index in [1.165, 1.54) is 25.3 Å². The second kappa shape index (κ2) is 7.57. The van der Waals surface area contributed by atoms with Crippen molar-refractivity contribution in [1.29, 1.82) is 0 Å². The molecule has 0 spiro atoms. The lowest BCUT2D eigenvalue weighted by atomic mass is 10.1. The highest BCUT2D eigenvalue weighted by Crippen LogP contribution is 2.40. The second-order valence-electron chi connectivity index (χ2n) is 5.19. The molecule has 1 aliphatic heterocycles. The lowest BCUT2D eigenvalue weighted by Crippen LogP contribution is -2.16. The summed E-state index contributed by atoms with van der Waals surface area (Å²) in [6.45, 7) is 0.909. The number of carbonyl (C=O) groups is 1. The van der Waals surface area contributed by atoms with Gasteiger partial charge in [-0.3, -0.25) is 4.79 Å². The van der Waals surface area contributed by atoms with Crippen molar-refractivity contribution in [2.75, 3.05) is 25.6 Å². The lowest BCUT2D eigenvalue weighted by Gasteiger charge is -2.20. The first kappa shape index (κ1) is 17.3. The molecule has 5 nitrogen and oxygen atoms in total. The molecule has 0 aromatic heterocycles. The predicted molar refractivity (Wildman–Crippen MR) is 95.7 cm³/mol. The van der Waals surface area contributed by atoms with Crippen molar-refractivity contribution in [2.45, 2.75) is 0 Å². The molecular weight excluding hydrogens is 393 g/mol. The van der Waals surface area contributed by atoms with Crippen molar-refractivity contribution in [3.63, 3.8) is 0 Å². The van der Waals surface area contributed by atoms with Crippen LogP contribution in [0, 0.1) is 5.82 Å². The molecule has 1 N–H and O–H groups in total. The Labute approximate surface area is 152 Å². The molecule has 0 bridgehead atoms. The summed E-state index contributed by atoms with van der Waals surface area (Å²) in [5.74, 6) is 0.667. The van der Waals surface area contributed by atoms with Crippen LogP contribution in [0.3, 0.4) is 0 Å². The number of fused-ring (bicyclic) bond motifs is 1. The summed E-state index contributed by atoms with van der Waals surface area (Å²) in [6, 6.07) is 7.90. The number of ether oxygens (including phenoxy) is 3. The maximum atomic E-state index is 13.7. The summed E-state index contributed by atoms with van der Waals surface area (Å²) >= 11 is 3.17. The number of benzene rings is 2. The molecule has 1 aliphatic rings. The van der Waals surface area contributed by atoms with E-state index >= 15 is 0 Å². The fourth-order valence-corrected chi connectivity index (χ4v) is 2.66. The molecule has 0 saturated heterocycles.